The largest absolute Gasteiger partial charge is 0.493 e. The number of methoxy groups -OCH3 is 1. The van der Waals surface area contributed by atoms with Gasteiger partial charge in [0.15, 0.2) is 11.5 Å². The molecule has 7 nitrogen and oxygen atoms in total. The zero-order valence-corrected chi connectivity index (χ0v) is 21.7. The minimum absolute atomic E-state index is 0.359. The summed E-state index contributed by atoms with van der Waals surface area (Å²) < 4.78 is 12.9. The van der Waals surface area contributed by atoms with E-state index in [1.165, 1.54) is 6.21 Å². The van der Waals surface area contributed by atoms with E-state index >= 15 is 0 Å². The first-order chi connectivity index (χ1) is 16.4. The Morgan fingerprint density at radius 2 is 1.76 bits per heavy atom. The van der Waals surface area contributed by atoms with Gasteiger partial charge in [-0.3, -0.25) is 9.59 Å². The second-order valence-electron chi connectivity index (χ2n) is 7.23. The van der Waals surface area contributed by atoms with Gasteiger partial charge in [-0.2, -0.15) is 5.10 Å². The van der Waals surface area contributed by atoms with Crippen LogP contribution in [0.1, 0.15) is 28.4 Å². The maximum absolute atomic E-state index is 12.3. The molecule has 0 aliphatic carbocycles. The Labute approximate surface area is 214 Å². The zero-order valence-electron chi connectivity index (χ0n) is 18.5. The minimum atomic E-state index is -0.777. The molecule has 3 rings (SSSR count). The Morgan fingerprint density at radius 3 is 2.47 bits per heavy atom. The van der Waals surface area contributed by atoms with Crippen molar-refractivity contribution in [3.05, 3.63) is 92.4 Å². The molecule has 3 aromatic rings. The fourth-order valence-corrected chi connectivity index (χ4v) is 3.61. The smallest absolute Gasteiger partial charge is 0.262 e. The van der Waals surface area contributed by atoms with E-state index in [9.17, 15) is 9.59 Å². The summed E-state index contributed by atoms with van der Waals surface area (Å²) in [6.07, 6.45) is 1.49. The number of hydrogen-bond acceptors (Lipinski definition) is 5. The van der Waals surface area contributed by atoms with Crippen LogP contribution in [0.15, 0.2) is 80.8 Å². The monoisotopic (exact) mass is 587 g/mol. The summed E-state index contributed by atoms with van der Waals surface area (Å²) in [5.41, 5.74) is 4.61. The highest BCUT2D eigenvalue weighted by atomic mass is 79.9. The van der Waals surface area contributed by atoms with Crippen LogP contribution in [0.3, 0.4) is 0 Å². The number of benzene rings is 3. The number of nitrogens with one attached hydrogen (secondary N) is 2. The van der Waals surface area contributed by atoms with E-state index in [1.54, 1.807) is 50.4 Å². The highest BCUT2D eigenvalue weighted by molar-refractivity contribution is 9.10. The molecule has 0 aliphatic rings. The summed E-state index contributed by atoms with van der Waals surface area (Å²) in [5, 5.41) is 6.63. The van der Waals surface area contributed by atoms with E-state index in [0.29, 0.717) is 33.7 Å². The van der Waals surface area contributed by atoms with Crippen LogP contribution in [0.5, 0.6) is 11.5 Å². The van der Waals surface area contributed by atoms with Crippen LogP contribution < -0.4 is 20.2 Å². The summed E-state index contributed by atoms with van der Waals surface area (Å²) in [7, 11) is 1.56. The van der Waals surface area contributed by atoms with Crippen molar-refractivity contribution in [2.24, 2.45) is 5.10 Å². The van der Waals surface area contributed by atoms with Crippen LogP contribution in [0.2, 0.25) is 0 Å². The predicted octanol–water partition coefficient (Wildman–Crippen LogP) is 5.07. The first-order valence-electron chi connectivity index (χ1n) is 10.3. The molecule has 0 saturated carbocycles. The highest BCUT2D eigenvalue weighted by Gasteiger charge is 2.17. The summed E-state index contributed by atoms with van der Waals surface area (Å²) in [4.78, 5) is 24.7. The Hall–Kier alpha value is -3.17. The van der Waals surface area contributed by atoms with Crippen molar-refractivity contribution in [1.82, 2.24) is 10.7 Å². The van der Waals surface area contributed by atoms with Gasteiger partial charge in [0.25, 0.3) is 11.8 Å². The van der Waals surface area contributed by atoms with Gasteiger partial charge in [0.1, 0.15) is 12.6 Å². The van der Waals surface area contributed by atoms with Gasteiger partial charge in [0.2, 0.25) is 0 Å². The zero-order chi connectivity index (χ0) is 24.5. The maximum atomic E-state index is 12.3. The van der Waals surface area contributed by atoms with Gasteiger partial charge >= 0.3 is 0 Å². The molecule has 1 atom stereocenters. The van der Waals surface area contributed by atoms with E-state index < -0.39 is 11.9 Å². The molecule has 2 amide bonds. The summed E-state index contributed by atoms with van der Waals surface area (Å²) in [6.45, 7) is 1.98. The third-order valence-corrected chi connectivity index (χ3v) is 5.96. The Balaban J connectivity index is 1.55. The molecule has 1 unspecified atom stereocenters. The number of rotatable bonds is 9. The van der Waals surface area contributed by atoms with E-state index in [1.807, 2.05) is 30.3 Å². The lowest BCUT2D eigenvalue weighted by Gasteiger charge is -2.13. The van der Waals surface area contributed by atoms with Crippen molar-refractivity contribution >= 4 is 49.9 Å². The molecule has 176 valence electrons. The van der Waals surface area contributed by atoms with Crippen molar-refractivity contribution in [2.75, 3.05) is 7.11 Å². The number of ether oxygens (including phenoxy) is 2. The van der Waals surface area contributed by atoms with Gasteiger partial charge < -0.3 is 14.8 Å². The Morgan fingerprint density at radius 1 is 1.03 bits per heavy atom. The number of carbonyl (C=O) groups is 2. The molecular weight excluding hydrogens is 566 g/mol. The molecule has 3 aromatic carbocycles. The molecule has 0 saturated heterocycles. The standard InChI is InChI=1S/C25H23Br2N3O4/c1-16(29-25(32)20-5-3-4-6-21(20)27)24(31)30-28-14-18-9-12-22(23(13-18)33-2)34-15-17-7-10-19(26)11-8-17/h3-14,16H,15H2,1-2H3,(H,29,32)(H,30,31). The van der Waals surface area contributed by atoms with Gasteiger partial charge in [-0.05, 0) is 76.4 Å². The van der Waals surface area contributed by atoms with Gasteiger partial charge in [-0.25, -0.2) is 5.43 Å². The third-order valence-electron chi connectivity index (χ3n) is 4.74. The van der Waals surface area contributed by atoms with Crippen molar-refractivity contribution < 1.29 is 19.1 Å². The van der Waals surface area contributed by atoms with E-state index in [2.05, 4.69) is 47.7 Å². The quantitative estimate of drug-likeness (QED) is 0.270. The number of amides is 2. The second kappa shape index (κ2) is 12.3. The molecule has 2 N–H and O–H groups in total. The molecule has 0 radical (unpaired) electrons. The lowest BCUT2D eigenvalue weighted by atomic mass is 10.2. The lowest BCUT2D eigenvalue weighted by molar-refractivity contribution is -0.122. The molecule has 0 heterocycles. The second-order valence-corrected chi connectivity index (χ2v) is 9.00. The van der Waals surface area contributed by atoms with Crippen LogP contribution in [-0.2, 0) is 11.4 Å². The molecule has 0 bridgehead atoms. The van der Waals surface area contributed by atoms with Crippen LogP contribution in [0.25, 0.3) is 0 Å². The third kappa shape index (κ3) is 7.16. The normalized spacial score (nSPS) is 11.6. The number of hydrazone groups is 1. The average Bonchev–Trinajstić information content (AvgIpc) is 2.84. The van der Waals surface area contributed by atoms with Gasteiger partial charge in [0.05, 0.1) is 18.9 Å². The van der Waals surface area contributed by atoms with Gasteiger partial charge in [0, 0.05) is 8.95 Å². The van der Waals surface area contributed by atoms with Crippen LogP contribution >= 0.6 is 31.9 Å². The Bertz CT molecular complexity index is 1180. The molecule has 0 aromatic heterocycles. The number of hydrogen-bond donors (Lipinski definition) is 2. The van der Waals surface area contributed by atoms with Crippen LogP contribution in [-0.4, -0.2) is 31.2 Å². The highest BCUT2D eigenvalue weighted by Crippen LogP contribution is 2.28. The number of halogens is 2. The molecule has 34 heavy (non-hydrogen) atoms. The predicted molar refractivity (Wildman–Crippen MR) is 138 cm³/mol. The van der Waals surface area contributed by atoms with Crippen molar-refractivity contribution in [3.8, 4) is 11.5 Å². The summed E-state index contributed by atoms with van der Waals surface area (Å²) in [5.74, 6) is 0.331. The fraction of sp³-hybridized carbons (Fsp3) is 0.160. The topological polar surface area (TPSA) is 89.0 Å². The first kappa shape index (κ1) is 25.5. The van der Waals surface area contributed by atoms with E-state index in [4.69, 9.17) is 9.47 Å². The fourth-order valence-electron chi connectivity index (χ4n) is 2.88. The molecule has 0 spiro atoms. The van der Waals surface area contributed by atoms with E-state index in [-0.39, 0.29) is 5.91 Å². The number of nitrogens with zero attached hydrogens (tertiary/aromatic N) is 1. The lowest BCUT2D eigenvalue weighted by Crippen LogP contribution is -2.43. The average molecular weight is 589 g/mol. The number of carbonyl (C=O) groups excluding carboxylic acids is 2. The van der Waals surface area contributed by atoms with E-state index in [0.717, 1.165) is 10.0 Å². The van der Waals surface area contributed by atoms with Crippen LogP contribution in [0, 0.1) is 0 Å². The summed E-state index contributed by atoms with van der Waals surface area (Å²) in [6, 6.07) is 19.4. The first-order valence-corrected chi connectivity index (χ1v) is 11.9. The Kier molecular flexibility index (Phi) is 9.24. The summed E-state index contributed by atoms with van der Waals surface area (Å²) >= 11 is 6.74. The van der Waals surface area contributed by atoms with Crippen molar-refractivity contribution in [2.45, 2.75) is 19.6 Å². The molecule has 0 fully saturated rings. The maximum Gasteiger partial charge on any atom is 0.262 e. The van der Waals surface area contributed by atoms with Crippen molar-refractivity contribution in [3.63, 3.8) is 0 Å². The van der Waals surface area contributed by atoms with Gasteiger partial charge in [-0.1, -0.05) is 40.2 Å². The molecule has 9 heteroatoms. The van der Waals surface area contributed by atoms with Crippen LogP contribution in [0.4, 0.5) is 0 Å². The van der Waals surface area contributed by atoms with Gasteiger partial charge in [-0.15, -0.1) is 0 Å². The minimum Gasteiger partial charge on any atom is -0.493 e. The van der Waals surface area contributed by atoms with Crippen molar-refractivity contribution in [1.29, 1.82) is 0 Å². The molecular formula is C25H23Br2N3O4. The molecule has 0 aliphatic heterocycles. The SMILES string of the molecule is COc1cc(C=NNC(=O)C(C)NC(=O)c2ccccc2Br)ccc1OCc1ccc(Br)cc1.